The fourth-order valence-electron chi connectivity index (χ4n) is 0.700. The molecule has 1 N–H and O–H groups in total. The minimum absolute atomic E-state index is 0.0843. The third-order valence-corrected chi connectivity index (χ3v) is 1.27. The monoisotopic (exact) mass is 144 g/mol. The standard InChI is InChI=1S/C9H18O/c1-2-3-4-5-6-7-8-9-10/h2,10H,1,3-9H2/i6D2. The molecule has 0 spiro atoms. The minimum Gasteiger partial charge on any atom is -0.396 e. The van der Waals surface area contributed by atoms with Crippen LogP contribution in [0.2, 0.25) is 0 Å². The molecule has 60 valence electrons. The first-order valence-electron chi connectivity index (χ1n) is 4.84. The topological polar surface area (TPSA) is 20.2 Å². The van der Waals surface area contributed by atoms with Crippen LogP contribution >= 0.6 is 0 Å². The van der Waals surface area contributed by atoms with Gasteiger partial charge in [0.05, 0.1) is 0 Å². The van der Waals surface area contributed by atoms with Crippen molar-refractivity contribution in [2.24, 2.45) is 0 Å². The van der Waals surface area contributed by atoms with Gasteiger partial charge in [-0.15, -0.1) is 6.58 Å². The number of rotatable bonds is 7. The number of hydrogen-bond acceptors (Lipinski definition) is 1. The van der Waals surface area contributed by atoms with Gasteiger partial charge in [0.25, 0.3) is 0 Å². The van der Waals surface area contributed by atoms with Crippen LogP contribution in [0.15, 0.2) is 12.7 Å². The van der Waals surface area contributed by atoms with Gasteiger partial charge in [-0.05, 0) is 19.3 Å². The van der Waals surface area contributed by atoms with E-state index >= 15 is 0 Å². The molecule has 0 aromatic heterocycles. The summed E-state index contributed by atoms with van der Waals surface area (Å²) in [5.41, 5.74) is 0. The van der Waals surface area contributed by atoms with Crippen molar-refractivity contribution in [2.75, 3.05) is 6.61 Å². The van der Waals surface area contributed by atoms with Gasteiger partial charge in [-0.2, -0.15) is 0 Å². The van der Waals surface area contributed by atoms with E-state index in [1.165, 1.54) is 0 Å². The summed E-state index contributed by atoms with van der Waals surface area (Å²) >= 11 is 0. The molecule has 0 radical (unpaired) electrons. The van der Waals surface area contributed by atoms with E-state index in [4.69, 9.17) is 7.85 Å². The summed E-state index contributed by atoms with van der Waals surface area (Å²) in [6, 6.07) is 0. The number of allylic oxidation sites excluding steroid dienone is 1. The van der Waals surface area contributed by atoms with Crippen molar-refractivity contribution < 1.29 is 7.85 Å². The maximum Gasteiger partial charge on any atom is 0.0431 e. The van der Waals surface area contributed by atoms with Crippen LogP contribution in [0.1, 0.15) is 41.2 Å². The Morgan fingerprint density at radius 1 is 1.30 bits per heavy atom. The van der Waals surface area contributed by atoms with Crippen LogP contribution in [-0.4, -0.2) is 11.7 Å². The summed E-state index contributed by atoms with van der Waals surface area (Å²) in [6.07, 6.45) is 4.01. The molecule has 10 heavy (non-hydrogen) atoms. The van der Waals surface area contributed by atoms with Crippen LogP contribution in [0.4, 0.5) is 0 Å². The van der Waals surface area contributed by atoms with Crippen molar-refractivity contribution in [2.45, 2.75) is 38.5 Å². The van der Waals surface area contributed by atoms with Crippen LogP contribution in [0.25, 0.3) is 0 Å². The van der Waals surface area contributed by atoms with Crippen molar-refractivity contribution in [1.82, 2.24) is 0 Å². The van der Waals surface area contributed by atoms with E-state index in [2.05, 4.69) is 6.58 Å². The fourth-order valence-corrected chi connectivity index (χ4v) is 0.700. The first-order valence-corrected chi connectivity index (χ1v) is 3.84. The molecular weight excluding hydrogens is 124 g/mol. The van der Waals surface area contributed by atoms with Gasteiger partial charge in [0.2, 0.25) is 0 Å². The Balaban J connectivity index is 3.48. The maximum atomic E-state index is 8.52. The number of hydrogen-bond donors (Lipinski definition) is 1. The predicted molar refractivity (Wildman–Crippen MR) is 45.0 cm³/mol. The molecule has 0 atom stereocenters. The van der Waals surface area contributed by atoms with E-state index in [1.54, 1.807) is 0 Å². The van der Waals surface area contributed by atoms with Crippen LogP contribution in [0.3, 0.4) is 0 Å². The SMILES string of the molecule is [2H]C([2H])(CCCO)CCCC=C. The lowest BCUT2D eigenvalue weighted by atomic mass is 10.1. The molecule has 0 aliphatic heterocycles. The summed E-state index contributed by atoms with van der Waals surface area (Å²) in [4.78, 5) is 0. The molecule has 0 amide bonds. The third kappa shape index (κ3) is 7.70. The minimum atomic E-state index is -1.11. The van der Waals surface area contributed by atoms with E-state index in [1.807, 2.05) is 6.08 Å². The van der Waals surface area contributed by atoms with Gasteiger partial charge in [-0.3, -0.25) is 0 Å². The Morgan fingerprint density at radius 2 is 2.00 bits per heavy atom. The zero-order valence-corrected chi connectivity index (χ0v) is 6.47. The van der Waals surface area contributed by atoms with Crippen molar-refractivity contribution in [3.8, 4) is 0 Å². The second-order valence-corrected chi connectivity index (χ2v) is 2.26. The highest BCUT2D eigenvalue weighted by Gasteiger charge is 1.87. The fraction of sp³-hybridized carbons (Fsp3) is 0.778. The van der Waals surface area contributed by atoms with Crippen molar-refractivity contribution >= 4 is 0 Å². The second kappa shape index (κ2) is 8.70. The molecular formula is C9H18O. The highest BCUT2D eigenvalue weighted by molar-refractivity contribution is 4.65. The number of unbranched alkanes of at least 4 members (excludes halogenated alkanes) is 1. The maximum absolute atomic E-state index is 8.52. The quantitative estimate of drug-likeness (QED) is 0.430. The highest BCUT2D eigenvalue weighted by Crippen LogP contribution is 2.04. The molecule has 1 heteroatoms. The smallest absolute Gasteiger partial charge is 0.0431 e. The van der Waals surface area contributed by atoms with Gasteiger partial charge < -0.3 is 5.11 Å². The van der Waals surface area contributed by atoms with Gasteiger partial charge in [0.1, 0.15) is 0 Å². The Kier molecular flexibility index (Phi) is 5.58. The van der Waals surface area contributed by atoms with Crippen molar-refractivity contribution in [1.29, 1.82) is 0 Å². The van der Waals surface area contributed by atoms with Crippen LogP contribution < -0.4 is 0 Å². The normalized spacial score (nSPS) is 14.1. The second-order valence-electron chi connectivity index (χ2n) is 2.26. The summed E-state index contributed by atoms with van der Waals surface area (Å²) in [5.74, 6) is 0. The molecule has 0 saturated heterocycles. The van der Waals surface area contributed by atoms with Crippen LogP contribution in [0.5, 0.6) is 0 Å². The Labute approximate surface area is 66.6 Å². The molecule has 0 rings (SSSR count). The van der Waals surface area contributed by atoms with Crippen LogP contribution in [0, 0.1) is 0 Å². The molecule has 0 unspecified atom stereocenters. The van der Waals surface area contributed by atoms with Gasteiger partial charge in [-0.25, -0.2) is 0 Å². The predicted octanol–water partition coefficient (Wildman–Crippen LogP) is 2.51. The van der Waals surface area contributed by atoms with Gasteiger partial charge in [0, 0.05) is 9.35 Å². The van der Waals surface area contributed by atoms with Gasteiger partial charge >= 0.3 is 0 Å². The summed E-state index contributed by atoms with van der Waals surface area (Å²) in [7, 11) is 0. The third-order valence-electron chi connectivity index (χ3n) is 1.27. The molecule has 0 aliphatic carbocycles. The van der Waals surface area contributed by atoms with Crippen molar-refractivity contribution in [3.05, 3.63) is 12.7 Å². The highest BCUT2D eigenvalue weighted by atomic mass is 16.2. The van der Waals surface area contributed by atoms with E-state index < -0.39 is 6.37 Å². The lowest BCUT2D eigenvalue weighted by molar-refractivity contribution is 0.282. The Bertz CT molecular complexity index is 124. The molecule has 0 aliphatic rings. The van der Waals surface area contributed by atoms with E-state index in [9.17, 15) is 0 Å². The molecule has 1 nitrogen and oxygen atoms in total. The first-order chi connectivity index (χ1) is 5.62. The number of aliphatic hydroxyl groups is 1. The lowest BCUT2D eigenvalue weighted by Crippen LogP contribution is -1.82. The zero-order valence-electron chi connectivity index (χ0n) is 8.47. The summed E-state index contributed by atoms with van der Waals surface area (Å²) < 4.78 is 15.1. The molecule has 0 fully saturated rings. The number of aliphatic hydroxyl groups excluding tert-OH is 1. The molecule has 0 aromatic rings. The zero-order chi connectivity index (χ0) is 9.45. The molecule has 0 saturated carbocycles. The largest absolute Gasteiger partial charge is 0.396 e. The van der Waals surface area contributed by atoms with Crippen molar-refractivity contribution in [3.63, 3.8) is 0 Å². The summed E-state index contributed by atoms with van der Waals surface area (Å²) in [5, 5.41) is 8.52. The molecule has 0 heterocycles. The van der Waals surface area contributed by atoms with Crippen LogP contribution in [-0.2, 0) is 0 Å². The van der Waals surface area contributed by atoms with Gasteiger partial charge in [-0.1, -0.05) is 25.3 Å². The molecule has 0 aromatic carbocycles. The van der Waals surface area contributed by atoms with E-state index in [0.717, 1.165) is 12.8 Å². The molecule has 0 bridgehead atoms. The summed E-state index contributed by atoms with van der Waals surface area (Å²) in [6.45, 7) is 3.66. The van der Waals surface area contributed by atoms with E-state index in [0.29, 0.717) is 19.3 Å². The Morgan fingerprint density at radius 3 is 2.60 bits per heavy atom. The lowest BCUT2D eigenvalue weighted by Gasteiger charge is -1.96. The van der Waals surface area contributed by atoms with Gasteiger partial charge in [0.15, 0.2) is 0 Å². The first kappa shape index (κ1) is 6.41. The Hall–Kier alpha value is -0.300. The average molecular weight is 144 g/mol. The van der Waals surface area contributed by atoms with E-state index in [-0.39, 0.29) is 6.61 Å². The average Bonchev–Trinajstić information content (AvgIpc) is 2.01.